The standard InChI is InChI=1S/C16H26N2O3/c1-16(2,9-10-17)8-7-15(19)18-12-5-6-13(20-3)14(11-12)21-4/h5-6,11H,7-10,17H2,1-4H3,(H,18,19). The van der Waals surface area contributed by atoms with E-state index in [2.05, 4.69) is 19.2 Å². The maximum Gasteiger partial charge on any atom is 0.224 e. The highest BCUT2D eigenvalue weighted by atomic mass is 16.5. The van der Waals surface area contributed by atoms with Crippen molar-refractivity contribution in [2.45, 2.75) is 33.1 Å². The molecule has 0 atom stereocenters. The van der Waals surface area contributed by atoms with Crippen LogP contribution in [0.4, 0.5) is 5.69 Å². The van der Waals surface area contributed by atoms with Crippen LogP contribution in [0.1, 0.15) is 33.1 Å². The molecule has 0 radical (unpaired) electrons. The number of carbonyl (C=O) groups excluding carboxylic acids is 1. The van der Waals surface area contributed by atoms with E-state index in [0.717, 1.165) is 12.8 Å². The summed E-state index contributed by atoms with van der Waals surface area (Å²) in [6.07, 6.45) is 2.20. The van der Waals surface area contributed by atoms with Crippen LogP contribution in [0.15, 0.2) is 18.2 Å². The second-order valence-corrected chi connectivity index (χ2v) is 5.82. The minimum absolute atomic E-state index is 0.00711. The third kappa shape index (κ3) is 5.63. The Bertz CT molecular complexity index is 473. The first kappa shape index (κ1) is 17.3. The molecule has 0 saturated heterocycles. The van der Waals surface area contributed by atoms with Crippen LogP contribution in [0.3, 0.4) is 0 Å². The van der Waals surface area contributed by atoms with Crippen molar-refractivity contribution >= 4 is 11.6 Å². The van der Waals surface area contributed by atoms with Gasteiger partial charge in [-0.15, -0.1) is 0 Å². The molecule has 1 aromatic carbocycles. The highest BCUT2D eigenvalue weighted by molar-refractivity contribution is 5.91. The van der Waals surface area contributed by atoms with Gasteiger partial charge in [0.05, 0.1) is 14.2 Å². The van der Waals surface area contributed by atoms with Crippen molar-refractivity contribution in [1.29, 1.82) is 0 Å². The monoisotopic (exact) mass is 294 g/mol. The molecule has 118 valence electrons. The minimum atomic E-state index is -0.00711. The molecule has 1 rings (SSSR count). The van der Waals surface area contributed by atoms with Crippen LogP contribution >= 0.6 is 0 Å². The first-order valence-electron chi connectivity index (χ1n) is 7.14. The Hall–Kier alpha value is -1.75. The van der Waals surface area contributed by atoms with E-state index in [9.17, 15) is 4.79 Å². The zero-order valence-electron chi connectivity index (χ0n) is 13.4. The number of benzene rings is 1. The Morgan fingerprint density at radius 3 is 2.43 bits per heavy atom. The van der Waals surface area contributed by atoms with E-state index in [1.54, 1.807) is 32.4 Å². The zero-order valence-corrected chi connectivity index (χ0v) is 13.4. The lowest BCUT2D eigenvalue weighted by Gasteiger charge is -2.23. The van der Waals surface area contributed by atoms with Crippen molar-refractivity contribution in [1.82, 2.24) is 0 Å². The number of rotatable bonds is 8. The van der Waals surface area contributed by atoms with Crippen LogP contribution in [0.5, 0.6) is 11.5 Å². The van der Waals surface area contributed by atoms with Gasteiger partial charge in [0, 0.05) is 18.2 Å². The molecule has 1 amide bonds. The number of ether oxygens (including phenoxy) is 2. The Labute approximate surface area is 126 Å². The summed E-state index contributed by atoms with van der Waals surface area (Å²) in [7, 11) is 3.15. The van der Waals surface area contributed by atoms with Crippen LogP contribution in [0, 0.1) is 5.41 Å². The lowest BCUT2D eigenvalue weighted by atomic mass is 9.84. The largest absolute Gasteiger partial charge is 0.493 e. The predicted molar refractivity (Wildman–Crippen MR) is 84.9 cm³/mol. The Balaban J connectivity index is 2.59. The SMILES string of the molecule is COc1ccc(NC(=O)CCC(C)(C)CCN)cc1OC. The number of amides is 1. The van der Waals surface area contributed by atoms with Gasteiger partial charge in [-0.1, -0.05) is 13.8 Å². The van der Waals surface area contributed by atoms with Crippen molar-refractivity contribution < 1.29 is 14.3 Å². The van der Waals surface area contributed by atoms with Crippen molar-refractivity contribution in [3.05, 3.63) is 18.2 Å². The first-order valence-corrected chi connectivity index (χ1v) is 7.14. The highest BCUT2D eigenvalue weighted by Gasteiger charge is 2.18. The number of nitrogens with two attached hydrogens (primary N) is 1. The number of carbonyl (C=O) groups is 1. The number of methoxy groups -OCH3 is 2. The van der Waals surface area contributed by atoms with Crippen molar-refractivity contribution in [2.75, 3.05) is 26.1 Å². The summed E-state index contributed by atoms with van der Waals surface area (Å²) >= 11 is 0. The fourth-order valence-electron chi connectivity index (χ4n) is 2.11. The molecular weight excluding hydrogens is 268 g/mol. The fourth-order valence-corrected chi connectivity index (χ4v) is 2.11. The third-order valence-electron chi connectivity index (χ3n) is 3.52. The third-order valence-corrected chi connectivity index (χ3v) is 3.52. The number of hydrogen-bond donors (Lipinski definition) is 2. The Kier molecular flexibility index (Phi) is 6.49. The molecule has 0 aliphatic rings. The van der Waals surface area contributed by atoms with Crippen LogP contribution in [0.25, 0.3) is 0 Å². The Morgan fingerprint density at radius 2 is 1.86 bits per heavy atom. The predicted octanol–water partition coefficient (Wildman–Crippen LogP) is 2.80. The summed E-state index contributed by atoms with van der Waals surface area (Å²) in [5.41, 5.74) is 6.37. The molecule has 0 aliphatic heterocycles. The number of nitrogens with one attached hydrogen (secondary N) is 1. The lowest BCUT2D eigenvalue weighted by Crippen LogP contribution is -2.20. The molecule has 0 heterocycles. The molecule has 0 unspecified atom stereocenters. The second kappa shape index (κ2) is 7.88. The molecule has 21 heavy (non-hydrogen) atoms. The van der Waals surface area contributed by atoms with Crippen molar-refractivity contribution in [3.8, 4) is 11.5 Å². The molecule has 0 bridgehead atoms. The van der Waals surface area contributed by atoms with Crippen LogP contribution in [-0.4, -0.2) is 26.7 Å². The van der Waals surface area contributed by atoms with E-state index in [1.807, 2.05) is 0 Å². The van der Waals surface area contributed by atoms with Gasteiger partial charge in [-0.3, -0.25) is 4.79 Å². The van der Waals surface area contributed by atoms with E-state index in [4.69, 9.17) is 15.2 Å². The molecular formula is C16H26N2O3. The average Bonchev–Trinajstić information content (AvgIpc) is 2.45. The zero-order chi connectivity index (χ0) is 15.9. The molecule has 0 aliphatic carbocycles. The van der Waals surface area contributed by atoms with Crippen molar-refractivity contribution in [3.63, 3.8) is 0 Å². The second-order valence-electron chi connectivity index (χ2n) is 5.82. The minimum Gasteiger partial charge on any atom is -0.493 e. The van der Waals surface area contributed by atoms with Gasteiger partial charge >= 0.3 is 0 Å². The van der Waals surface area contributed by atoms with E-state index in [0.29, 0.717) is 30.2 Å². The maximum absolute atomic E-state index is 12.0. The quantitative estimate of drug-likeness (QED) is 0.773. The van der Waals surface area contributed by atoms with Crippen LogP contribution in [-0.2, 0) is 4.79 Å². The van der Waals surface area contributed by atoms with Crippen LogP contribution in [0.2, 0.25) is 0 Å². The summed E-state index contributed by atoms with van der Waals surface area (Å²) in [4.78, 5) is 12.0. The van der Waals surface area contributed by atoms with E-state index < -0.39 is 0 Å². The van der Waals surface area contributed by atoms with Gasteiger partial charge in [-0.05, 0) is 36.9 Å². The topological polar surface area (TPSA) is 73.6 Å². The lowest BCUT2D eigenvalue weighted by molar-refractivity contribution is -0.116. The fraction of sp³-hybridized carbons (Fsp3) is 0.562. The summed E-state index contributed by atoms with van der Waals surface area (Å²) < 4.78 is 10.4. The molecule has 0 spiro atoms. The Morgan fingerprint density at radius 1 is 1.19 bits per heavy atom. The molecule has 0 fully saturated rings. The maximum atomic E-state index is 12.0. The molecule has 0 saturated carbocycles. The van der Waals surface area contributed by atoms with Crippen LogP contribution < -0.4 is 20.5 Å². The van der Waals surface area contributed by atoms with Gasteiger partial charge in [0.15, 0.2) is 11.5 Å². The van der Waals surface area contributed by atoms with Crippen molar-refractivity contribution in [2.24, 2.45) is 11.1 Å². The molecule has 5 heteroatoms. The number of anilines is 1. The van der Waals surface area contributed by atoms with Gasteiger partial charge in [-0.25, -0.2) is 0 Å². The van der Waals surface area contributed by atoms with E-state index in [-0.39, 0.29) is 11.3 Å². The smallest absolute Gasteiger partial charge is 0.224 e. The first-order chi connectivity index (χ1) is 9.91. The van der Waals surface area contributed by atoms with Gasteiger partial charge < -0.3 is 20.5 Å². The van der Waals surface area contributed by atoms with E-state index >= 15 is 0 Å². The summed E-state index contributed by atoms with van der Waals surface area (Å²) in [5.74, 6) is 1.23. The summed E-state index contributed by atoms with van der Waals surface area (Å²) in [6, 6.07) is 5.32. The van der Waals surface area contributed by atoms with Gasteiger partial charge in [0.1, 0.15) is 0 Å². The molecule has 5 nitrogen and oxygen atoms in total. The molecule has 0 aromatic heterocycles. The average molecular weight is 294 g/mol. The van der Waals surface area contributed by atoms with Gasteiger partial charge in [0.25, 0.3) is 0 Å². The molecule has 3 N–H and O–H groups in total. The van der Waals surface area contributed by atoms with Gasteiger partial charge in [-0.2, -0.15) is 0 Å². The summed E-state index contributed by atoms with van der Waals surface area (Å²) in [5, 5.41) is 2.88. The van der Waals surface area contributed by atoms with E-state index in [1.165, 1.54) is 0 Å². The molecule has 1 aromatic rings. The number of hydrogen-bond acceptors (Lipinski definition) is 4. The summed E-state index contributed by atoms with van der Waals surface area (Å²) in [6.45, 7) is 4.90. The normalized spacial score (nSPS) is 11.1. The highest BCUT2D eigenvalue weighted by Crippen LogP contribution is 2.30. The van der Waals surface area contributed by atoms with Gasteiger partial charge in [0.2, 0.25) is 5.91 Å².